The summed E-state index contributed by atoms with van der Waals surface area (Å²) in [5.41, 5.74) is 0.0918. The van der Waals surface area contributed by atoms with Crippen LogP contribution in [0.1, 0.15) is 6.42 Å². The average molecular weight is 235 g/mol. The molecule has 2 N–H and O–H groups in total. The number of halogens is 1. The van der Waals surface area contributed by atoms with Crippen molar-refractivity contribution in [3.8, 4) is 0 Å². The van der Waals surface area contributed by atoms with Crippen molar-refractivity contribution in [1.29, 1.82) is 0 Å². The van der Waals surface area contributed by atoms with Crippen molar-refractivity contribution in [2.24, 2.45) is 5.90 Å². The highest BCUT2D eigenvalue weighted by atomic mass is 35.5. The first kappa shape index (κ1) is 9.82. The van der Waals surface area contributed by atoms with E-state index >= 15 is 0 Å². The second-order valence-corrected chi connectivity index (χ2v) is 4.51. The summed E-state index contributed by atoms with van der Waals surface area (Å²) >= 11 is 7.35. The van der Waals surface area contributed by atoms with Gasteiger partial charge in [0.1, 0.15) is 5.70 Å². The molecule has 1 atom stereocenters. The molecule has 0 aromatic heterocycles. The van der Waals surface area contributed by atoms with Crippen molar-refractivity contribution in [2.45, 2.75) is 11.8 Å². The van der Waals surface area contributed by atoms with Crippen molar-refractivity contribution in [2.75, 3.05) is 5.75 Å². The molecule has 76 valence electrons. The first-order valence-electron chi connectivity index (χ1n) is 3.88. The molecule has 0 unspecified atom stereocenters. The summed E-state index contributed by atoms with van der Waals surface area (Å²) in [5.74, 6) is 4.39. The second kappa shape index (κ2) is 3.45. The van der Waals surface area contributed by atoms with Crippen LogP contribution in [-0.4, -0.2) is 27.9 Å². The van der Waals surface area contributed by atoms with E-state index in [2.05, 4.69) is 4.84 Å². The Morgan fingerprint density at radius 3 is 3.00 bits per heavy atom. The van der Waals surface area contributed by atoms with Crippen LogP contribution < -0.4 is 5.90 Å². The summed E-state index contributed by atoms with van der Waals surface area (Å²) in [5, 5.41) is 0.328. The van der Waals surface area contributed by atoms with E-state index < -0.39 is 5.97 Å². The molecular weight excluding hydrogens is 228 g/mol. The van der Waals surface area contributed by atoms with Gasteiger partial charge in [0.05, 0.1) is 16.8 Å². The number of amides is 1. The molecule has 2 rings (SSSR count). The average Bonchev–Trinajstić information content (AvgIpc) is 2.17. The summed E-state index contributed by atoms with van der Waals surface area (Å²) in [7, 11) is 0. The third-order valence-corrected chi connectivity index (χ3v) is 3.80. The lowest BCUT2D eigenvalue weighted by atomic mass is 10.1. The third-order valence-electron chi connectivity index (χ3n) is 2.11. The first-order chi connectivity index (χ1) is 6.65. The predicted molar refractivity (Wildman–Crippen MR) is 50.9 cm³/mol. The normalized spacial score (nSPS) is 25.7. The zero-order valence-corrected chi connectivity index (χ0v) is 8.60. The van der Waals surface area contributed by atoms with Crippen LogP contribution in [0.5, 0.6) is 0 Å². The van der Waals surface area contributed by atoms with Gasteiger partial charge in [-0.2, -0.15) is 5.90 Å². The Kier molecular flexibility index (Phi) is 2.42. The molecule has 14 heavy (non-hydrogen) atoms. The van der Waals surface area contributed by atoms with Gasteiger partial charge in [0.2, 0.25) is 5.91 Å². The van der Waals surface area contributed by atoms with Crippen molar-refractivity contribution in [3.05, 3.63) is 10.7 Å². The van der Waals surface area contributed by atoms with Gasteiger partial charge in [0.15, 0.2) is 0 Å². The summed E-state index contributed by atoms with van der Waals surface area (Å²) in [6.45, 7) is 0. The highest BCUT2D eigenvalue weighted by molar-refractivity contribution is 8.00. The fourth-order valence-corrected chi connectivity index (χ4v) is 2.89. The number of nitrogens with zero attached hydrogens (tertiary/aromatic N) is 1. The molecule has 2 aliphatic rings. The van der Waals surface area contributed by atoms with Gasteiger partial charge in [0.25, 0.3) is 0 Å². The number of fused-ring (bicyclic) bond motifs is 1. The molecule has 5 nitrogen and oxygen atoms in total. The highest BCUT2D eigenvalue weighted by Crippen LogP contribution is 2.40. The number of carbonyl (C=O) groups is 2. The minimum Gasteiger partial charge on any atom is -0.369 e. The van der Waals surface area contributed by atoms with E-state index in [-0.39, 0.29) is 17.0 Å². The SMILES string of the molecule is NOC(=O)C1=C(Cl)CS[C@H]2CC(=O)N12. The highest BCUT2D eigenvalue weighted by Gasteiger charge is 2.45. The molecular formula is C7H7ClN2O3S. The molecule has 1 amide bonds. The summed E-state index contributed by atoms with van der Waals surface area (Å²) in [6.07, 6.45) is 0.441. The van der Waals surface area contributed by atoms with Gasteiger partial charge in [-0.05, 0) is 0 Å². The molecule has 0 radical (unpaired) electrons. The quantitative estimate of drug-likeness (QED) is 0.517. The van der Waals surface area contributed by atoms with Crippen molar-refractivity contribution < 1.29 is 14.4 Å². The van der Waals surface area contributed by atoms with Gasteiger partial charge in [-0.15, -0.1) is 11.8 Å². The van der Waals surface area contributed by atoms with Gasteiger partial charge in [-0.3, -0.25) is 9.69 Å². The van der Waals surface area contributed by atoms with Gasteiger partial charge in [-0.1, -0.05) is 11.6 Å². The molecule has 0 aromatic carbocycles. The second-order valence-electron chi connectivity index (χ2n) is 2.89. The number of hydrogen-bond donors (Lipinski definition) is 1. The van der Waals surface area contributed by atoms with Gasteiger partial charge >= 0.3 is 5.97 Å². The Labute approximate surface area is 89.1 Å². The molecule has 1 saturated heterocycles. The standard InChI is InChI=1S/C7H7ClN2O3S/c8-3-2-14-5-1-4(11)10(5)6(3)7(12)13-9/h5H,1-2,9H2/t5-/m0/s1. The topological polar surface area (TPSA) is 72.6 Å². The van der Waals surface area contributed by atoms with E-state index in [9.17, 15) is 9.59 Å². The number of β-lactam (4-membered cyclic amide) rings is 1. The zero-order valence-electron chi connectivity index (χ0n) is 7.03. The minimum absolute atomic E-state index is 0.0131. The molecule has 0 bridgehead atoms. The van der Waals surface area contributed by atoms with Crippen LogP contribution in [0.2, 0.25) is 0 Å². The van der Waals surface area contributed by atoms with Gasteiger partial charge in [0, 0.05) is 5.75 Å². The van der Waals surface area contributed by atoms with Crippen LogP contribution in [-0.2, 0) is 14.4 Å². The zero-order chi connectivity index (χ0) is 10.3. The molecule has 0 spiro atoms. The van der Waals surface area contributed by atoms with E-state index in [1.165, 1.54) is 16.7 Å². The van der Waals surface area contributed by atoms with E-state index in [0.29, 0.717) is 17.2 Å². The Morgan fingerprint density at radius 2 is 2.43 bits per heavy atom. The van der Waals surface area contributed by atoms with Gasteiger partial charge in [-0.25, -0.2) is 4.79 Å². The lowest BCUT2D eigenvalue weighted by Gasteiger charge is -2.43. The Bertz CT molecular complexity index is 344. The minimum atomic E-state index is -0.756. The van der Waals surface area contributed by atoms with Crippen LogP contribution in [0, 0.1) is 0 Å². The molecule has 2 aliphatic heterocycles. The smallest absolute Gasteiger partial charge is 0.369 e. The fourth-order valence-electron chi connectivity index (χ4n) is 1.42. The number of thioether (sulfide) groups is 1. The molecule has 2 heterocycles. The van der Waals surface area contributed by atoms with Crippen molar-refractivity contribution >= 4 is 35.2 Å². The third kappa shape index (κ3) is 1.30. The van der Waals surface area contributed by atoms with E-state index in [0.717, 1.165) is 0 Å². The Balaban J connectivity index is 2.33. The molecule has 7 heteroatoms. The van der Waals surface area contributed by atoms with Crippen molar-refractivity contribution in [1.82, 2.24) is 4.90 Å². The maximum atomic E-state index is 11.2. The molecule has 1 fully saturated rings. The predicted octanol–water partition coefficient (Wildman–Crippen LogP) is 0.159. The fraction of sp³-hybridized carbons (Fsp3) is 0.429. The summed E-state index contributed by atoms with van der Waals surface area (Å²) in [6, 6.07) is 0. The van der Waals surface area contributed by atoms with E-state index in [1.807, 2.05) is 0 Å². The summed E-state index contributed by atoms with van der Waals surface area (Å²) < 4.78 is 0. The monoisotopic (exact) mass is 234 g/mol. The lowest BCUT2D eigenvalue weighted by Crippen LogP contribution is -2.54. The van der Waals surface area contributed by atoms with Crippen LogP contribution in [0.25, 0.3) is 0 Å². The Hall–Kier alpha value is -0.720. The van der Waals surface area contributed by atoms with Crippen LogP contribution in [0.15, 0.2) is 10.7 Å². The lowest BCUT2D eigenvalue weighted by molar-refractivity contribution is -0.149. The first-order valence-corrected chi connectivity index (χ1v) is 5.31. The Morgan fingerprint density at radius 1 is 1.71 bits per heavy atom. The van der Waals surface area contributed by atoms with Crippen molar-refractivity contribution in [3.63, 3.8) is 0 Å². The van der Waals surface area contributed by atoms with Crippen LogP contribution in [0.3, 0.4) is 0 Å². The summed E-state index contributed by atoms with van der Waals surface area (Å²) in [4.78, 5) is 27.8. The number of rotatable bonds is 1. The largest absolute Gasteiger partial charge is 0.374 e. The van der Waals surface area contributed by atoms with E-state index in [4.69, 9.17) is 17.5 Å². The number of hydrogen-bond acceptors (Lipinski definition) is 5. The van der Waals surface area contributed by atoms with Gasteiger partial charge < -0.3 is 4.84 Å². The maximum Gasteiger partial charge on any atom is 0.374 e. The van der Waals surface area contributed by atoms with Crippen LogP contribution in [0.4, 0.5) is 0 Å². The molecule has 0 saturated carbocycles. The molecule has 0 aliphatic carbocycles. The number of nitrogens with two attached hydrogens (primary N) is 1. The van der Waals surface area contributed by atoms with E-state index in [1.54, 1.807) is 0 Å². The van der Waals surface area contributed by atoms with Crippen LogP contribution >= 0.6 is 23.4 Å². The molecule has 0 aromatic rings. The number of carbonyl (C=O) groups excluding carboxylic acids is 2. The maximum absolute atomic E-state index is 11.2.